The molecule has 2 aliphatic heterocycles. The standard InChI is InChI=1S/C39H61N3O8S2/c1-6-7-8-9-10-11-12-13-14-15-20-47-37-35-34(49-39(4,5)50-35)33(48-37)30(24-32(44)45)40-38(46)41-36(31(43)23-27(2)3)42(25-28-18-16-21-51-28)26-29-19-17-22-52-29/h16-19,21-22,27,30,33-37H,6-15,20,23-26H2,1-5H3,(H,44,45)(H2,40,41,46)/t30-,33+,34-,35-,36?,37-/m0/s1. The van der Waals surface area contributed by atoms with Crippen LogP contribution in [0.1, 0.15) is 121 Å². The molecule has 13 heteroatoms. The topological polar surface area (TPSA) is 136 Å². The van der Waals surface area contributed by atoms with Crippen LogP contribution in [0.25, 0.3) is 0 Å². The number of fused-ring (bicyclic) bond motifs is 1. The molecule has 2 saturated heterocycles. The first-order valence-electron chi connectivity index (χ1n) is 19.2. The van der Waals surface area contributed by atoms with Crippen LogP contribution in [0.5, 0.6) is 0 Å². The Hall–Kier alpha value is -2.39. The Kier molecular flexibility index (Phi) is 17.5. The highest BCUT2D eigenvalue weighted by Gasteiger charge is 2.58. The van der Waals surface area contributed by atoms with E-state index in [0.29, 0.717) is 19.7 Å². The average molecular weight is 764 g/mol. The van der Waals surface area contributed by atoms with Gasteiger partial charge in [0.05, 0.1) is 12.5 Å². The number of nitrogens with zero attached hydrogens (tertiary/aromatic N) is 1. The second-order valence-corrected chi connectivity index (χ2v) is 17.0. The van der Waals surface area contributed by atoms with Gasteiger partial charge >= 0.3 is 12.0 Å². The summed E-state index contributed by atoms with van der Waals surface area (Å²) in [6.07, 6.45) is 8.11. The molecule has 292 valence electrons. The predicted octanol–water partition coefficient (Wildman–Crippen LogP) is 8.08. The lowest BCUT2D eigenvalue weighted by molar-refractivity contribution is -0.236. The lowest BCUT2D eigenvalue weighted by atomic mass is 10.0. The molecule has 11 nitrogen and oxygen atoms in total. The molecule has 2 amide bonds. The molecule has 0 aromatic carbocycles. The Morgan fingerprint density at radius 1 is 0.865 bits per heavy atom. The molecule has 3 N–H and O–H groups in total. The van der Waals surface area contributed by atoms with Crippen molar-refractivity contribution in [1.29, 1.82) is 0 Å². The van der Waals surface area contributed by atoms with E-state index in [-0.39, 0.29) is 18.1 Å². The van der Waals surface area contributed by atoms with Crippen molar-refractivity contribution < 1.29 is 38.4 Å². The quantitative estimate of drug-likeness (QED) is 0.0678. The van der Waals surface area contributed by atoms with Crippen molar-refractivity contribution in [3.63, 3.8) is 0 Å². The second-order valence-electron chi connectivity index (χ2n) is 14.9. The number of amides is 2. The molecular formula is C39H61N3O8S2. The van der Waals surface area contributed by atoms with Crippen LogP contribution in [-0.4, -0.2) is 77.0 Å². The number of Topliss-reactive ketones (excluding diaryl/α,β-unsaturated/α-hetero) is 1. The summed E-state index contributed by atoms with van der Waals surface area (Å²) in [4.78, 5) is 43.8. The number of rotatable bonds is 25. The second kappa shape index (κ2) is 21.5. The zero-order chi connectivity index (χ0) is 37.5. The van der Waals surface area contributed by atoms with Gasteiger partial charge in [0, 0.05) is 35.9 Å². The molecule has 0 radical (unpaired) electrons. The minimum atomic E-state index is -1.11. The molecule has 2 fully saturated rings. The summed E-state index contributed by atoms with van der Waals surface area (Å²) in [7, 11) is 0. The molecule has 4 rings (SSSR count). The van der Waals surface area contributed by atoms with Gasteiger partial charge in [-0.25, -0.2) is 4.79 Å². The Morgan fingerprint density at radius 2 is 1.44 bits per heavy atom. The van der Waals surface area contributed by atoms with Gasteiger partial charge in [-0.05, 0) is 49.1 Å². The number of carbonyl (C=O) groups excluding carboxylic acids is 2. The lowest BCUT2D eigenvalue weighted by Crippen LogP contribution is -2.58. The molecule has 4 heterocycles. The van der Waals surface area contributed by atoms with E-state index in [9.17, 15) is 19.5 Å². The first-order valence-corrected chi connectivity index (χ1v) is 20.9. The summed E-state index contributed by atoms with van der Waals surface area (Å²) < 4.78 is 24.9. The van der Waals surface area contributed by atoms with Crippen molar-refractivity contribution in [2.24, 2.45) is 5.92 Å². The van der Waals surface area contributed by atoms with E-state index in [1.807, 2.05) is 53.8 Å². The van der Waals surface area contributed by atoms with Gasteiger partial charge in [-0.15, -0.1) is 22.7 Å². The van der Waals surface area contributed by atoms with Crippen molar-refractivity contribution in [1.82, 2.24) is 15.5 Å². The van der Waals surface area contributed by atoms with Crippen molar-refractivity contribution >= 4 is 40.5 Å². The van der Waals surface area contributed by atoms with E-state index >= 15 is 0 Å². The fourth-order valence-electron chi connectivity index (χ4n) is 6.94. The predicted molar refractivity (Wildman–Crippen MR) is 204 cm³/mol. The smallest absolute Gasteiger partial charge is 0.316 e. The number of hydrogen-bond acceptors (Lipinski definition) is 10. The number of hydrogen-bond donors (Lipinski definition) is 3. The van der Waals surface area contributed by atoms with E-state index in [1.165, 1.54) is 44.9 Å². The number of unbranched alkanes of at least 4 members (excludes halogenated alkanes) is 9. The van der Waals surface area contributed by atoms with Crippen molar-refractivity contribution in [2.75, 3.05) is 6.61 Å². The maximum absolute atomic E-state index is 13.8. The number of carbonyl (C=O) groups is 3. The number of carboxylic acid groups (broad SMARTS) is 1. The van der Waals surface area contributed by atoms with E-state index in [0.717, 1.165) is 29.0 Å². The Bertz CT molecular complexity index is 1300. The maximum Gasteiger partial charge on any atom is 0.316 e. The van der Waals surface area contributed by atoms with Crippen molar-refractivity contribution in [2.45, 2.75) is 167 Å². The third-order valence-corrected chi connectivity index (χ3v) is 11.1. The van der Waals surface area contributed by atoms with E-state index in [2.05, 4.69) is 17.6 Å². The SMILES string of the molecule is CCCCCCCCCCCCO[C@H]1O[C@H]([C@H](CC(=O)O)NC(=O)NC(C(=O)CC(C)C)N(Cc2cccs2)Cc2cccs2)[C@@H]2OC(C)(C)O[C@H]12. The average Bonchev–Trinajstić information content (AvgIpc) is 3.88. The molecule has 2 aromatic heterocycles. The Balaban J connectivity index is 1.41. The van der Waals surface area contributed by atoms with Crippen molar-refractivity contribution in [3.05, 3.63) is 44.8 Å². The molecule has 0 spiro atoms. The van der Waals surface area contributed by atoms with Gasteiger partial charge in [-0.3, -0.25) is 14.5 Å². The lowest BCUT2D eigenvalue weighted by Gasteiger charge is -2.33. The van der Waals surface area contributed by atoms with Crippen LogP contribution in [0.3, 0.4) is 0 Å². The highest BCUT2D eigenvalue weighted by Crippen LogP contribution is 2.40. The van der Waals surface area contributed by atoms with Gasteiger partial charge in [-0.1, -0.05) is 90.7 Å². The molecular weight excluding hydrogens is 703 g/mol. The number of ketones is 1. The highest BCUT2D eigenvalue weighted by molar-refractivity contribution is 7.10. The van der Waals surface area contributed by atoms with E-state index < -0.39 is 61.0 Å². The molecule has 2 aliphatic rings. The zero-order valence-electron chi connectivity index (χ0n) is 31.7. The number of carboxylic acids is 1. The fourth-order valence-corrected chi connectivity index (χ4v) is 8.40. The largest absolute Gasteiger partial charge is 0.481 e. The molecule has 0 saturated carbocycles. The molecule has 52 heavy (non-hydrogen) atoms. The maximum atomic E-state index is 13.8. The van der Waals surface area contributed by atoms with Gasteiger partial charge in [0.2, 0.25) is 0 Å². The van der Waals surface area contributed by atoms with Crippen LogP contribution in [-0.2, 0) is 41.6 Å². The summed E-state index contributed by atoms with van der Waals surface area (Å²) in [5.74, 6) is -2.10. The van der Waals surface area contributed by atoms with Gasteiger partial charge in [-0.2, -0.15) is 0 Å². The third kappa shape index (κ3) is 13.8. The monoisotopic (exact) mass is 763 g/mol. The summed E-state index contributed by atoms with van der Waals surface area (Å²) in [5.41, 5.74) is 0. The van der Waals surface area contributed by atoms with Crippen LogP contribution in [0.2, 0.25) is 0 Å². The van der Waals surface area contributed by atoms with Gasteiger partial charge < -0.3 is 34.7 Å². The van der Waals surface area contributed by atoms with Crippen molar-refractivity contribution in [3.8, 4) is 0 Å². The van der Waals surface area contributed by atoms with Crippen LogP contribution in [0.4, 0.5) is 4.79 Å². The zero-order valence-corrected chi connectivity index (χ0v) is 33.3. The summed E-state index contributed by atoms with van der Waals surface area (Å²) in [6.45, 7) is 11.2. The van der Waals surface area contributed by atoms with Crippen LogP contribution < -0.4 is 10.6 Å². The number of aliphatic carboxylic acids is 1. The third-order valence-electron chi connectivity index (χ3n) is 9.36. The van der Waals surface area contributed by atoms with Crippen LogP contribution in [0, 0.1) is 5.92 Å². The highest BCUT2D eigenvalue weighted by atomic mass is 32.1. The number of thiophene rings is 2. The molecule has 6 atom stereocenters. The molecule has 0 bridgehead atoms. The van der Waals surface area contributed by atoms with Gasteiger partial charge in [0.1, 0.15) is 24.5 Å². The summed E-state index contributed by atoms with van der Waals surface area (Å²) in [6, 6.07) is 6.29. The van der Waals surface area contributed by atoms with Gasteiger partial charge in [0.25, 0.3) is 0 Å². The van der Waals surface area contributed by atoms with E-state index in [1.54, 1.807) is 36.5 Å². The number of urea groups is 1. The minimum absolute atomic E-state index is 0.0777. The Morgan fingerprint density at radius 3 is 1.98 bits per heavy atom. The van der Waals surface area contributed by atoms with Gasteiger partial charge in [0.15, 0.2) is 17.9 Å². The summed E-state index contributed by atoms with van der Waals surface area (Å²) >= 11 is 3.17. The number of nitrogens with one attached hydrogen (secondary N) is 2. The Labute approximate surface area is 318 Å². The molecule has 0 aliphatic carbocycles. The first kappa shape index (κ1) is 42.4. The summed E-state index contributed by atoms with van der Waals surface area (Å²) in [5, 5.41) is 19.7. The van der Waals surface area contributed by atoms with Crippen LogP contribution in [0.15, 0.2) is 35.0 Å². The molecule has 1 unspecified atom stereocenters. The normalized spacial score (nSPS) is 22.1. The minimum Gasteiger partial charge on any atom is -0.481 e. The van der Waals surface area contributed by atoms with E-state index in [4.69, 9.17) is 18.9 Å². The fraction of sp³-hybridized carbons (Fsp3) is 0.718. The van der Waals surface area contributed by atoms with Crippen LogP contribution >= 0.6 is 22.7 Å². The number of ether oxygens (including phenoxy) is 4. The molecule has 2 aromatic rings. The first-order chi connectivity index (χ1) is 25.0.